The van der Waals surface area contributed by atoms with Crippen LogP contribution in [0.4, 0.5) is 4.39 Å². The summed E-state index contributed by atoms with van der Waals surface area (Å²) in [6.45, 7) is 9.66. The van der Waals surface area contributed by atoms with Gasteiger partial charge in [0.25, 0.3) is 5.91 Å². The van der Waals surface area contributed by atoms with E-state index in [0.717, 1.165) is 10.4 Å². The first kappa shape index (κ1) is 20.1. The Hall–Kier alpha value is -2.21. The molecule has 0 saturated heterocycles. The van der Waals surface area contributed by atoms with Gasteiger partial charge in [0.15, 0.2) is 0 Å². The molecule has 2 aromatic rings. The summed E-state index contributed by atoms with van der Waals surface area (Å²) in [5.41, 5.74) is 1.01. The summed E-state index contributed by atoms with van der Waals surface area (Å²) >= 11 is 1.69. The largest absolute Gasteiger partial charge is 0.348 e. The van der Waals surface area contributed by atoms with Crippen molar-refractivity contribution in [2.24, 2.45) is 5.92 Å². The van der Waals surface area contributed by atoms with Gasteiger partial charge in [-0.25, -0.2) is 4.39 Å². The molecule has 1 heterocycles. The molecule has 0 spiro atoms. The van der Waals surface area contributed by atoms with E-state index in [1.54, 1.807) is 17.4 Å². The van der Waals surface area contributed by atoms with Crippen LogP contribution >= 0.6 is 11.3 Å². The van der Waals surface area contributed by atoms with E-state index in [4.69, 9.17) is 0 Å². The van der Waals surface area contributed by atoms with Gasteiger partial charge in [0.1, 0.15) is 11.9 Å². The number of carbonyl (C=O) groups excluding carboxylic acids is 2. The molecule has 0 aliphatic carbocycles. The summed E-state index contributed by atoms with van der Waals surface area (Å²) < 4.78 is 13.8. The zero-order chi connectivity index (χ0) is 19.4. The maximum absolute atomic E-state index is 13.8. The third-order valence-corrected chi connectivity index (χ3v) is 5.24. The van der Waals surface area contributed by atoms with Crippen molar-refractivity contribution in [1.29, 1.82) is 0 Å². The summed E-state index contributed by atoms with van der Waals surface area (Å²) in [4.78, 5) is 27.4. The molecule has 4 nitrogen and oxygen atoms in total. The minimum absolute atomic E-state index is 0.0664. The fraction of sp³-hybridized carbons (Fsp3) is 0.400. The quantitative estimate of drug-likeness (QED) is 0.796. The lowest BCUT2D eigenvalue weighted by Gasteiger charge is -2.24. The molecule has 0 bridgehead atoms. The van der Waals surface area contributed by atoms with Gasteiger partial charge in [-0.05, 0) is 50.5 Å². The highest BCUT2D eigenvalue weighted by molar-refractivity contribution is 7.12. The number of hydrogen-bond donors (Lipinski definition) is 2. The van der Waals surface area contributed by atoms with Crippen LogP contribution in [0.1, 0.15) is 52.5 Å². The fourth-order valence-corrected chi connectivity index (χ4v) is 3.88. The lowest BCUT2D eigenvalue weighted by molar-refractivity contribution is -0.124. The van der Waals surface area contributed by atoms with E-state index in [-0.39, 0.29) is 23.4 Å². The number of benzene rings is 1. The third kappa shape index (κ3) is 4.69. The van der Waals surface area contributed by atoms with Crippen LogP contribution in [-0.2, 0) is 4.79 Å². The van der Waals surface area contributed by atoms with Gasteiger partial charge in [-0.15, -0.1) is 11.3 Å². The number of hydrogen-bond acceptors (Lipinski definition) is 3. The van der Waals surface area contributed by atoms with Crippen molar-refractivity contribution in [1.82, 2.24) is 10.6 Å². The van der Waals surface area contributed by atoms with Gasteiger partial charge in [0.05, 0.1) is 11.6 Å². The zero-order valence-electron chi connectivity index (χ0n) is 15.7. The van der Waals surface area contributed by atoms with Crippen LogP contribution in [0.25, 0.3) is 0 Å². The second-order valence-electron chi connectivity index (χ2n) is 6.77. The number of carbonyl (C=O) groups is 2. The van der Waals surface area contributed by atoms with E-state index < -0.39 is 17.8 Å². The smallest absolute Gasteiger partial charge is 0.254 e. The third-order valence-electron chi connectivity index (χ3n) is 4.26. The highest BCUT2D eigenvalue weighted by atomic mass is 32.1. The maximum atomic E-state index is 13.8. The number of amides is 2. The Morgan fingerprint density at radius 3 is 2.27 bits per heavy atom. The van der Waals surface area contributed by atoms with E-state index in [1.165, 1.54) is 23.1 Å². The molecule has 2 N–H and O–H groups in total. The molecule has 0 aliphatic heterocycles. The van der Waals surface area contributed by atoms with Gasteiger partial charge < -0.3 is 10.6 Å². The number of aryl methyl sites for hydroxylation is 2. The molecule has 0 unspecified atom stereocenters. The Morgan fingerprint density at radius 1 is 1.08 bits per heavy atom. The van der Waals surface area contributed by atoms with E-state index in [2.05, 4.69) is 16.7 Å². The average molecular weight is 376 g/mol. The lowest BCUT2D eigenvalue weighted by Crippen LogP contribution is -2.50. The first-order valence-corrected chi connectivity index (χ1v) is 9.45. The Kier molecular flexibility index (Phi) is 6.53. The van der Waals surface area contributed by atoms with Crippen LogP contribution in [0, 0.1) is 25.6 Å². The molecule has 2 rings (SSSR count). The molecule has 0 radical (unpaired) electrons. The van der Waals surface area contributed by atoms with Crippen molar-refractivity contribution in [3.63, 3.8) is 0 Å². The summed E-state index contributed by atoms with van der Waals surface area (Å²) in [7, 11) is 0. The summed E-state index contributed by atoms with van der Waals surface area (Å²) in [6.07, 6.45) is 0. The fourth-order valence-electron chi connectivity index (χ4n) is 2.86. The van der Waals surface area contributed by atoms with Crippen molar-refractivity contribution in [3.8, 4) is 0 Å². The van der Waals surface area contributed by atoms with E-state index in [1.807, 2.05) is 34.6 Å². The molecule has 1 aromatic carbocycles. The van der Waals surface area contributed by atoms with Gasteiger partial charge in [-0.3, -0.25) is 9.59 Å². The van der Waals surface area contributed by atoms with Crippen LogP contribution in [0.15, 0.2) is 30.3 Å². The molecule has 0 aliphatic rings. The molecule has 6 heteroatoms. The monoisotopic (exact) mass is 376 g/mol. The molecular formula is C20H25FN2O2S. The zero-order valence-corrected chi connectivity index (χ0v) is 16.5. The average Bonchev–Trinajstić information content (AvgIpc) is 2.90. The first-order chi connectivity index (χ1) is 12.2. The highest BCUT2D eigenvalue weighted by Gasteiger charge is 2.27. The second-order valence-corrected chi connectivity index (χ2v) is 8.23. The minimum Gasteiger partial charge on any atom is -0.348 e. The van der Waals surface area contributed by atoms with Gasteiger partial charge >= 0.3 is 0 Å². The SMILES string of the molecule is Cc1cc([C@@H](C)NC(=O)[C@@H](NC(=O)c2ccccc2F)C(C)C)c(C)s1. The number of thiophene rings is 1. The maximum Gasteiger partial charge on any atom is 0.254 e. The topological polar surface area (TPSA) is 58.2 Å². The van der Waals surface area contributed by atoms with Gasteiger partial charge in [-0.1, -0.05) is 26.0 Å². The van der Waals surface area contributed by atoms with Gasteiger partial charge in [0.2, 0.25) is 5.91 Å². The molecule has 1 aromatic heterocycles. The van der Waals surface area contributed by atoms with E-state index in [9.17, 15) is 14.0 Å². The molecule has 0 saturated carbocycles. The number of halogens is 1. The predicted octanol–water partition coefficient (Wildman–Crippen LogP) is 4.14. The summed E-state index contributed by atoms with van der Waals surface area (Å²) in [6, 6.07) is 6.89. The lowest BCUT2D eigenvalue weighted by atomic mass is 10.0. The Labute approximate surface area is 157 Å². The van der Waals surface area contributed by atoms with Crippen molar-refractivity contribution >= 4 is 23.2 Å². The van der Waals surface area contributed by atoms with Crippen molar-refractivity contribution in [3.05, 3.63) is 57.0 Å². The standard InChI is InChI=1S/C20H25FN2O2S/c1-11(2)18(23-19(24)15-8-6-7-9-17(15)21)20(25)22-13(4)16-10-12(3)26-14(16)5/h6-11,13,18H,1-5H3,(H,22,25)(H,23,24)/t13-,18+/m1/s1. The highest BCUT2D eigenvalue weighted by Crippen LogP contribution is 2.26. The molecule has 2 atom stereocenters. The minimum atomic E-state index is -0.746. The number of rotatable bonds is 6. The van der Waals surface area contributed by atoms with E-state index in [0.29, 0.717) is 0 Å². The Balaban J connectivity index is 2.11. The van der Waals surface area contributed by atoms with Crippen LogP contribution in [0.3, 0.4) is 0 Å². The molecule has 140 valence electrons. The molecule has 26 heavy (non-hydrogen) atoms. The molecule has 0 fully saturated rings. The van der Waals surface area contributed by atoms with Gasteiger partial charge in [-0.2, -0.15) is 0 Å². The number of nitrogens with one attached hydrogen (secondary N) is 2. The van der Waals surface area contributed by atoms with Crippen molar-refractivity contribution < 1.29 is 14.0 Å². The first-order valence-electron chi connectivity index (χ1n) is 8.63. The van der Waals surface area contributed by atoms with Crippen LogP contribution in [0.5, 0.6) is 0 Å². The van der Waals surface area contributed by atoms with E-state index >= 15 is 0 Å². The Morgan fingerprint density at radius 2 is 1.73 bits per heavy atom. The second kappa shape index (κ2) is 8.45. The molecular weight excluding hydrogens is 351 g/mol. The van der Waals surface area contributed by atoms with Crippen molar-refractivity contribution in [2.45, 2.75) is 46.7 Å². The van der Waals surface area contributed by atoms with Crippen LogP contribution in [-0.4, -0.2) is 17.9 Å². The summed E-state index contributed by atoms with van der Waals surface area (Å²) in [5.74, 6) is -1.61. The van der Waals surface area contributed by atoms with Crippen LogP contribution in [0.2, 0.25) is 0 Å². The normalized spacial score (nSPS) is 13.3. The summed E-state index contributed by atoms with van der Waals surface area (Å²) in [5, 5.41) is 5.62. The van der Waals surface area contributed by atoms with Crippen molar-refractivity contribution in [2.75, 3.05) is 0 Å². The molecule has 2 amide bonds. The van der Waals surface area contributed by atoms with Crippen LogP contribution < -0.4 is 10.6 Å². The predicted molar refractivity (Wildman–Crippen MR) is 103 cm³/mol. The van der Waals surface area contributed by atoms with Gasteiger partial charge in [0, 0.05) is 9.75 Å². The Bertz CT molecular complexity index is 801.